The van der Waals surface area contributed by atoms with Crippen molar-refractivity contribution in [1.29, 1.82) is 0 Å². The molecular formula is C12H14N2O3. The molecule has 0 bridgehead atoms. The molecule has 1 N–H and O–H groups in total. The van der Waals surface area contributed by atoms with Gasteiger partial charge in [0.2, 0.25) is 5.91 Å². The van der Waals surface area contributed by atoms with Gasteiger partial charge in [0.25, 0.3) is 0 Å². The normalized spacial score (nSPS) is 14.6. The summed E-state index contributed by atoms with van der Waals surface area (Å²) in [6, 6.07) is 3.81. The van der Waals surface area contributed by atoms with Crippen molar-refractivity contribution in [2.24, 2.45) is 0 Å². The van der Waals surface area contributed by atoms with Crippen LogP contribution in [0.2, 0.25) is 0 Å². The highest BCUT2D eigenvalue weighted by atomic mass is 16.4. The summed E-state index contributed by atoms with van der Waals surface area (Å²) in [7, 11) is 0. The van der Waals surface area contributed by atoms with Gasteiger partial charge in [-0.3, -0.25) is 14.5 Å². The molecule has 90 valence electrons. The van der Waals surface area contributed by atoms with Crippen LogP contribution in [0.25, 0.3) is 0 Å². The number of fused-ring (bicyclic) bond motifs is 1. The number of hydrogen-bond acceptors (Lipinski definition) is 3. The lowest BCUT2D eigenvalue weighted by molar-refractivity contribution is -0.137. The number of pyridine rings is 1. The maximum atomic E-state index is 11.8. The number of carboxylic acids is 1. The lowest BCUT2D eigenvalue weighted by Gasteiger charge is -2.27. The summed E-state index contributed by atoms with van der Waals surface area (Å²) in [5, 5.41) is 8.59. The molecule has 1 aliphatic rings. The van der Waals surface area contributed by atoms with E-state index in [0.717, 1.165) is 12.0 Å². The predicted octanol–water partition coefficient (Wildman–Crippen LogP) is 1.23. The molecule has 1 aromatic heterocycles. The third kappa shape index (κ3) is 2.61. The molecule has 0 spiro atoms. The number of carbonyl (C=O) groups is 2. The number of carboxylic acid groups (broad SMARTS) is 1. The zero-order valence-electron chi connectivity index (χ0n) is 9.43. The fourth-order valence-electron chi connectivity index (χ4n) is 1.98. The molecule has 1 aliphatic heterocycles. The summed E-state index contributed by atoms with van der Waals surface area (Å²) in [6.45, 7) is 0.426. The van der Waals surface area contributed by atoms with Crippen LogP contribution < -0.4 is 4.90 Å². The van der Waals surface area contributed by atoms with Crippen LogP contribution in [0, 0.1) is 0 Å². The van der Waals surface area contributed by atoms with E-state index in [9.17, 15) is 9.59 Å². The maximum Gasteiger partial charge on any atom is 0.303 e. The minimum Gasteiger partial charge on any atom is -0.481 e. The van der Waals surface area contributed by atoms with Crippen LogP contribution in [-0.4, -0.2) is 28.5 Å². The second kappa shape index (κ2) is 4.95. The van der Waals surface area contributed by atoms with Gasteiger partial charge in [0.15, 0.2) is 0 Å². The van der Waals surface area contributed by atoms with E-state index in [1.165, 1.54) is 0 Å². The predicted molar refractivity (Wildman–Crippen MR) is 61.8 cm³/mol. The molecule has 2 rings (SSSR count). The third-order valence-electron chi connectivity index (χ3n) is 2.80. The van der Waals surface area contributed by atoms with E-state index in [-0.39, 0.29) is 12.3 Å². The van der Waals surface area contributed by atoms with Crippen LogP contribution in [0.1, 0.15) is 24.8 Å². The van der Waals surface area contributed by atoms with E-state index in [0.29, 0.717) is 25.2 Å². The molecule has 0 unspecified atom stereocenters. The molecule has 0 atom stereocenters. The summed E-state index contributed by atoms with van der Waals surface area (Å²) in [5.41, 5.74) is 1.06. The lowest BCUT2D eigenvalue weighted by Crippen LogP contribution is -2.36. The van der Waals surface area contributed by atoms with E-state index < -0.39 is 5.97 Å². The number of amides is 1. The molecule has 5 nitrogen and oxygen atoms in total. The molecule has 1 amide bonds. The van der Waals surface area contributed by atoms with E-state index in [1.807, 2.05) is 12.1 Å². The fourth-order valence-corrected chi connectivity index (χ4v) is 1.98. The van der Waals surface area contributed by atoms with Crippen molar-refractivity contribution in [3.8, 4) is 0 Å². The first-order valence-electron chi connectivity index (χ1n) is 5.64. The van der Waals surface area contributed by atoms with Crippen LogP contribution in [0.4, 0.5) is 5.82 Å². The van der Waals surface area contributed by atoms with Crippen LogP contribution in [0.5, 0.6) is 0 Å². The second-order valence-electron chi connectivity index (χ2n) is 4.03. The van der Waals surface area contributed by atoms with E-state index in [2.05, 4.69) is 4.98 Å². The smallest absolute Gasteiger partial charge is 0.303 e. The zero-order chi connectivity index (χ0) is 12.3. The van der Waals surface area contributed by atoms with Crippen LogP contribution in [-0.2, 0) is 16.0 Å². The van der Waals surface area contributed by atoms with Gasteiger partial charge in [-0.2, -0.15) is 0 Å². The Morgan fingerprint density at radius 3 is 3.06 bits per heavy atom. The Morgan fingerprint density at radius 1 is 1.47 bits per heavy atom. The summed E-state index contributed by atoms with van der Waals surface area (Å²) < 4.78 is 0. The van der Waals surface area contributed by atoms with Gasteiger partial charge in [0.1, 0.15) is 5.82 Å². The SMILES string of the molecule is O=C(O)CCCN1C(=O)CCc2cccnc21. The molecule has 0 aliphatic carbocycles. The average Bonchev–Trinajstić information content (AvgIpc) is 2.32. The second-order valence-corrected chi connectivity index (χ2v) is 4.03. The van der Waals surface area contributed by atoms with E-state index >= 15 is 0 Å². The first-order valence-corrected chi connectivity index (χ1v) is 5.64. The van der Waals surface area contributed by atoms with Crippen molar-refractivity contribution < 1.29 is 14.7 Å². The van der Waals surface area contributed by atoms with Crippen LogP contribution in [0.3, 0.4) is 0 Å². The molecule has 17 heavy (non-hydrogen) atoms. The number of aliphatic carboxylic acids is 1. The van der Waals surface area contributed by atoms with Crippen LogP contribution >= 0.6 is 0 Å². The summed E-state index contributed by atoms with van der Waals surface area (Å²) in [6.07, 6.45) is 3.38. The Hall–Kier alpha value is -1.91. The molecule has 1 aromatic rings. The summed E-state index contributed by atoms with van der Waals surface area (Å²) in [5.74, 6) is -0.119. The number of hydrogen-bond donors (Lipinski definition) is 1. The standard InChI is InChI=1S/C12H14N2O3/c15-10-6-5-9-3-1-7-13-12(9)14(10)8-2-4-11(16)17/h1,3,7H,2,4-6,8H2,(H,16,17). The van der Waals surface area contributed by atoms with Gasteiger partial charge < -0.3 is 5.11 Å². The van der Waals surface area contributed by atoms with Crippen molar-refractivity contribution >= 4 is 17.7 Å². The van der Waals surface area contributed by atoms with Crippen molar-refractivity contribution in [3.63, 3.8) is 0 Å². The van der Waals surface area contributed by atoms with Gasteiger partial charge in [-0.05, 0) is 24.5 Å². The first-order chi connectivity index (χ1) is 8.18. The molecule has 0 saturated carbocycles. The highest BCUT2D eigenvalue weighted by Gasteiger charge is 2.24. The Balaban J connectivity index is 2.10. The zero-order valence-corrected chi connectivity index (χ0v) is 9.43. The fraction of sp³-hybridized carbons (Fsp3) is 0.417. The molecule has 0 fully saturated rings. The number of carbonyl (C=O) groups excluding carboxylic acids is 1. The number of anilines is 1. The number of aryl methyl sites for hydroxylation is 1. The lowest BCUT2D eigenvalue weighted by atomic mass is 10.0. The Labute approximate surface area is 99.1 Å². The van der Waals surface area contributed by atoms with E-state index in [4.69, 9.17) is 5.11 Å². The molecule has 2 heterocycles. The largest absolute Gasteiger partial charge is 0.481 e. The monoisotopic (exact) mass is 234 g/mol. The van der Waals surface area contributed by atoms with Gasteiger partial charge >= 0.3 is 5.97 Å². The van der Waals surface area contributed by atoms with Gasteiger partial charge in [-0.1, -0.05) is 6.07 Å². The third-order valence-corrected chi connectivity index (χ3v) is 2.80. The molecule has 5 heteroatoms. The van der Waals surface area contributed by atoms with Crippen molar-refractivity contribution in [2.45, 2.75) is 25.7 Å². The Kier molecular flexibility index (Phi) is 3.37. The molecular weight excluding hydrogens is 220 g/mol. The maximum absolute atomic E-state index is 11.8. The Morgan fingerprint density at radius 2 is 2.29 bits per heavy atom. The minimum atomic E-state index is -0.837. The highest BCUT2D eigenvalue weighted by Crippen LogP contribution is 2.25. The quantitative estimate of drug-likeness (QED) is 0.850. The molecule has 0 saturated heterocycles. The summed E-state index contributed by atoms with van der Waals surface area (Å²) >= 11 is 0. The number of nitrogens with zero attached hydrogens (tertiary/aromatic N) is 2. The van der Waals surface area contributed by atoms with Crippen molar-refractivity contribution in [3.05, 3.63) is 23.9 Å². The van der Waals surface area contributed by atoms with Gasteiger partial charge in [0, 0.05) is 25.6 Å². The minimum absolute atomic E-state index is 0.0292. The summed E-state index contributed by atoms with van der Waals surface area (Å²) in [4.78, 5) is 28.0. The van der Waals surface area contributed by atoms with Gasteiger partial charge in [0.05, 0.1) is 0 Å². The first kappa shape index (κ1) is 11.6. The molecule has 0 aromatic carbocycles. The van der Waals surface area contributed by atoms with Gasteiger partial charge in [-0.25, -0.2) is 4.98 Å². The highest BCUT2D eigenvalue weighted by molar-refractivity contribution is 5.95. The average molecular weight is 234 g/mol. The number of aromatic nitrogens is 1. The number of rotatable bonds is 4. The Bertz CT molecular complexity index is 445. The van der Waals surface area contributed by atoms with Crippen LogP contribution in [0.15, 0.2) is 18.3 Å². The molecule has 0 radical (unpaired) electrons. The van der Waals surface area contributed by atoms with E-state index in [1.54, 1.807) is 11.1 Å². The van der Waals surface area contributed by atoms with Crippen molar-refractivity contribution in [1.82, 2.24) is 4.98 Å². The van der Waals surface area contributed by atoms with Gasteiger partial charge in [-0.15, -0.1) is 0 Å². The topological polar surface area (TPSA) is 70.5 Å². The van der Waals surface area contributed by atoms with Crippen molar-refractivity contribution in [2.75, 3.05) is 11.4 Å².